The number of carbonyl (C=O) groups is 1. The summed E-state index contributed by atoms with van der Waals surface area (Å²) < 4.78 is 1.94. The number of fused-ring (bicyclic) bond motifs is 1. The molecule has 1 aromatic carbocycles. The standard InChI is InChI=1S/C23H28N4O/c1-5-10-26-14-18(13-24-26)22-17(4)21(23(28)27-11-6-7-16(27)3)19-12-15(2)8-9-20(19)25-22/h8-9,12-14,16H,5-7,10-11H2,1-4H3/t16-/m1/s1. The first-order valence-corrected chi connectivity index (χ1v) is 10.2. The lowest BCUT2D eigenvalue weighted by molar-refractivity contribution is 0.0748. The lowest BCUT2D eigenvalue weighted by atomic mass is 9.96. The van der Waals surface area contributed by atoms with Gasteiger partial charge in [-0.2, -0.15) is 5.10 Å². The maximum atomic E-state index is 13.6. The van der Waals surface area contributed by atoms with Crippen LogP contribution in [0, 0.1) is 13.8 Å². The van der Waals surface area contributed by atoms with E-state index in [9.17, 15) is 4.79 Å². The summed E-state index contributed by atoms with van der Waals surface area (Å²) in [5, 5.41) is 5.41. The lowest BCUT2D eigenvalue weighted by Gasteiger charge is -2.24. The second-order valence-corrected chi connectivity index (χ2v) is 7.96. The Kier molecular flexibility index (Phi) is 4.92. The Morgan fingerprint density at radius 2 is 2.11 bits per heavy atom. The number of hydrogen-bond donors (Lipinski definition) is 0. The van der Waals surface area contributed by atoms with Crippen LogP contribution < -0.4 is 0 Å². The van der Waals surface area contributed by atoms with Crippen LogP contribution in [-0.2, 0) is 6.54 Å². The van der Waals surface area contributed by atoms with Crippen molar-refractivity contribution in [2.24, 2.45) is 0 Å². The Morgan fingerprint density at radius 3 is 2.82 bits per heavy atom. The summed E-state index contributed by atoms with van der Waals surface area (Å²) in [5.41, 5.74) is 5.56. The summed E-state index contributed by atoms with van der Waals surface area (Å²) in [4.78, 5) is 20.5. The molecule has 1 saturated heterocycles. The molecule has 4 rings (SSSR count). The molecule has 0 radical (unpaired) electrons. The second kappa shape index (κ2) is 7.38. The van der Waals surface area contributed by atoms with Gasteiger partial charge in [-0.05, 0) is 57.7 Å². The minimum atomic E-state index is 0.128. The predicted molar refractivity (Wildman–Crippen MR) is 112 cm³/mol. The van der Waals surface area contributed by atoms with E-state index < -0.39 is 0 Å². The molecule has 0 aliphatic carbocycles. The Hall–Kier alpha value is -2.69. The van der Waals surface area contributed by atoms with Gasteiger partial charge in [-0.25, -0.2) is 4.98 Å². The molecule has 2 aromatic heterocycles. The van der Waals surface area contributed by atoms with Crippen molar-refractivity contribution in [1.82, 2.24) is 19.7 Å². The van der Waals surface area contributed by atoms with Crippen molar-refractivity contribution in [3.8, 4) is 11.3 Å². The van der Waals surface area contributed by atoms with Gasteiger partial charge in [0.15, 0.2) is 0 Å². The van der Waals surface area contributed by atoms with Crippen molar-refractivity contribution in [3.05, 3.63) is 47.3 Å². The van der Waals surface area contributed by atoms with Crippen LogP contribution in [0.2, 0.25) is 0 Å². The molecule has 0 bridgehead atoms. The summed E-state index contributed by atoms with van der Waals surface area (Å²) in [6, 6.07) is 6.46. The number of likely N-dealkylation sites (tertiary alicyclic amines) is 1. The third-order valence-corrected chi connectivity index (χ3v) is 5.77. The molecule has 0 saturated carbocycles. The van der Waals surface area contributed by atoms with Crippen LogP contribution >= 0.6 is 0 Å². The fourth-order valence-corrected chi connectivity index (χ4v) is 4.24. The molecule has 1 fully saturated rings. The molecule has 0 N–H and O–H groups in total. The van der Waals surface area contributed by atoms with Crippen LogP contribution in [0.25, 0.3) is 22.2 Å². The molecule has 28 heavy (non-hydrogen) atoms. The molecule has 1 aliphatic heterocycles. The van der Waals surface area contributed by atoms with E-state index in [-0.39, 0.29) is 11.9 Å². The van der Waals surface area contributed by atoms with Gasteiger partial charge in [-0.15, -0.1) is 0 Å². The molecule has 0 spiro atoms. The summed E-state index contributed by atoms with van der Waals surface area (Å²) >= 11 is 0. The van der Waals surface area contributed by atoms with E-state index in [1.807, 2.05) is 35.0 Å². The van der Waals surface area contributed by atoms with E-state index in [4.69, 9.17) is 4.98 Å². The van der Waals surface area contributed by atoms with Crippen LogP contribution in [0.4, 0.5) is 0 Å². The molecular formula is C23H28N4O. The second-order valence-electron chi connectivity index (χ2n) is 7.96. The SMILES string of the molecule is CCCn1cc(-c2nc3ccc(C)cc3c(C(=O)N3CCC[C@H]3C)c2C)cn1. The van der Waals surface area contributed by atoms with Gasteiger partial charge in [0.05, 0.1) is 23.0 Å². The van der Waals surface area contributed by atoms with Gasteiger partial charge < -0.3 is 4.90 Å². The topological polar surface area (TPSA) is 51.0 Å². The van der Waals surface area contributed by atoms with Gasteiger partial charge in [-0.3, -0.25) is 9.48 Å². The number of amides is 1. The van der Waals surface area contributed by atoms with Crippen LogP contribution in [0.1, 0.15) is 54.6 Å². The molecule has 1 aliphatic rings. The summed E-state index contributed by atoms with van der Waals surface area (Å²) in [6.07, 6.45) is 7.07. The number of carbonyl (C=O) groups excluding carboxylic acids is 1. The van der Waals surface area contributed by atoms with Gasteiger partial charge in [0, 0.05) is 36.3 Å². The lowest BCUT2D eigenvalue weighted by Crippen LogP contribution is -2.34. The highest BCUT2D eigenvalue weighted by atomic mass is 16.2. The smallest absolute Gasteiger partial charge is 0.255 e. The number of aromatic nitrogens is 3. The predicted octanol–water partition coefficient (Wildman–Crippen LogP) is 4.75. The van der Waals surface area contributed by atoms with E-state index in [2.05, 4.69) is 38.0 Å². The van der Waals surface area contributed by atoms with E-state index in [0.717, 1.165) is 71.2 Å². The summed E-state index contributed by atoms with van der Waals surface area (Å²) in [6.45, 7) is 10.1. The van der Waals surface area contributed by atoms with Gasteiger partial charge in [0.25, 0.3) is 5.91 Å². The number of pyridine rings is 1. The van der Waals surface area contributed by atoms with Crippen molar-refractivity contribution >= 4 is 16.8 Å². The van der Waals surface area contributed by atoms with Crippen molar-refractivity contribution < 1.29 is 4.79 Å². The van der Waals surface area contributed by atoms with Gasteiger partial charge in [0.2, 0.25) is 0 Å². The van der Waals surface area contributed by atoms with Crippen LogP contribution in [0.15, 0.2) is 30.6 Å². The molecule has 146 valence electrons. The van der Waals surface area contributed by atoms with Crippen molar-refractivity contribution in [3.63, 3.8) is 0 Å². The molecule has 3 aromatic rings. The van der Waals surface area contributed by atoms with E-state index >= 15 is 0 Å². The maximum Gasteiger partial charge on any atom is 0.255 e. The molecule has 3 heterocycles. The first kappa shape index (κ1) is 18.7. The Bertz CT molecular complexity index is 1040. The number of rotatable bonds is 4. The van der Waals surface area contributed by atoms with Gasteiger partial charge >= 0.3 is 0 Å². The zero-order valence-corrected chi connectivity index (χ0v) is 17.2. The Labute approximate surface area is 166 Å². The zero-order valence-electron chi connectivity index (χ0n) is 17.2. The van der Waals surface area contributed by atoms with Crippen molar-refractivity contribution in [2.75, 3.05) is 6.54 Å². The largest absolute Gasteiger partial charge is 0.336 e. The molecule has 5 heteroatoms. The highest BCUT2D eigenvalue weighted by Crippen LogP contribution is 2.32. The van der Waals surface area contributed by atoms with E-state index in [0.29, 0.717) is 0 Å². The third kappa shape index (κ3) is 3.19. The average molecular weight is 377 g/mol. The number of hydrogen-bond acceptors (Lipinski definition) is 3. The van der Waals surface area contributed by atoms with Gasteiger partial charge in [-0.1, -0.05) is 18.6 Å². The number of aryl methyl sites for hydroxylation is 2. The average Bonchev–Trinajstić information content (AvgIpc) is 3.30. The summed E-state index contributed by atoms with van der Waals surface area (Å²) in [7, 11) is 0. The van der Waals surface area contributed by atoms with Crippen molar-refractivity contribution in [1.29, 1.82) is 0 Å². The first-order chi connectivity index (χ1) is 13.5. The molecule has 0 unspecified atom stereocenters. The highest BCUT2D eigenvalue weighted by molar-refractivity contribution is 6.09. The zero-order chi connectivity index (χ0) is 19.8. The number of benzene rings is 1. The molecule has 1 atom stereocenters. The third-order valence-electron chi connectivity index (χ3n) is 5.77. The Morgan fingerprint density at radius 1 is 1.29 bits per heavy atom. The van der Waals surface area contributed by atoms with Crippen LogP contribution in [0.5, 0.6) is 0 Å². The number of nitrogens with zero attached hydrogens (tertiary/aromatic N) is 4. The highest BCUT2D eigenvalue weighted by Gasteiger charge is 2.29. The normalized spacial score (nSPS) is 16.9. The molecule has 1 amide bonds. The minimum Gasteiger partial charge on any atom is -0.336 e. The van der Waals surface area contributed by atoms with Crippen LogP contribution in [0.3, 0.4) is 0 Å². The van der Waals surface area contributed by atoms with Gasteiger partial charge in [0.1, 0.15) is 0 Å². The molecule has 5 nitrogen and oxygen atoms in total. The Balaban J connectivity index is 1.91. The van der Waals surface area contributed by atoms with Crippen LogP contribution in [-0.4, -0.2) is 38.2 Å². The van der Waals surface area contributed by atoms with E-state index in [1.165, 1.54) is 0 Å². The van der Waals surface area contributed by atoms with E-state index in [1.54, 1.807) is 0 Å². The fraction of sp³-hybridized carbons (Fsp3) is 0.435. The first-order valence-electron chi connectivity index (χ1n) is 10.2. The molecular weight excluding hydrogens is 348 g/mol. The quantitative estimate of drug-likeness (QED) is 0.660. The minimum absolute atomic E-state index is 0.128. The summed E-state index contributed by atoms with van der Waals surface area (Å²) in [5.74, 6) is 0.128. The van der Waals surface area contributed by atoms with Crippen molar-refractivity contribution in [2.45, 2.75) is 59.5 Å². The fourth-order valence-electron chi connectivity index (χ4n) is 4.24. The maximum absolute atomic E-state index is 13.6. The monoisotopic (exact) mass is 376 g/mol.